The lowest BCUT2D eigenvalue weighted by Crippen LogP contribution is -2.25. The van der Waals surface area contributed by atoms with E-state index in [2.05, 4.69) is 26.8 Å². The number of allylic oxidation sites excluding steroid dienone is 2. The Morgan fingerprint density at radius 3 is 2.68 bits per heavy atom. The van der Waals surface area contributed by atoms with Crippen molar-refractivity contribution in [1.29, 1.82) is 0 Å². The van der Waals surface area contributed by atoms with E-state index in [1.807, 2.05) is 6.92 Å². The van der Waals surface area contributed by atoms with Gasteiger partial charge in [-0.1, -0.05) is 6.58 Å². The third kappa shape index (κ3) is 5.23. The van der Waals surface area contributed by atoms with E-state index in [-0.39, 0.29) is 12.1 Å². The first-order valence-electron chi connectivity index (χ1n) is 11.1. The van der Waals surface area contributed by atoms with Crippen LogP contribution in [0, 0.1) is 5.82 Å². The van der Waals surface area contributed by atoms with Gasteiger partial charge in [-0.15, -0.1) is 0 Å². The van der Waals surface area contributed by atoms with Crippen molar-refractivity contribution >= 4 is 39.2 Å². The number of carbonyl (C=O) groups is 1. The van der Waals surface area contributed by atoms with Crippen LogP contribution >= 0.6 is 0 Å². The molecular formula is C25H23F4N7O. The van der Waals surface area contributed by atoms with Crippen LogP contribution in [0.2, 0.25) is 0 Å². The van der Waals surface area contributed by atoms with Gasteiger partial charge in [0.1, 0.15) is 11.5 Å². The third-order valence-corrected chi connectivity index (χ3v) is 5.58. The van der Waals surface area contributed by atoms with Gasteiger partial charge in [0.25, 0.3) is 0 Å². The van der Waals surface area contributed by atoms with Gasteiger partial charge in [0.2, 0.25) is 5.91 Å². The second-order valence-electron chi connectivity index (χ2n) is 8.25. The zero-order chi connectivity index (χ0) is 26.9. The van der Waals surface area contributed by atoms with E-state index in [9.17, 15) is 22.4 Å². The van der Waals surface area contributed by atoms with Gasteiger partial charge in [-0.25, -0.2) is 15.2 Å². The fraction of sp³-hybridized carbons (Fsp3) is 0.160. The molecule has 8 nitrogen and oxygen atoms in total. The van der Waals surface area contributed by atoms with Crippen molar-refractivity contribution in [2.75, 3.05) is 16.9 Å². The second kappa shape index (κ2) is 9.90. The summed E-state index contributed by atoms with van der Waals surface area (Å²) in [6.45, 7) is 5.40. The number of benzene rings is 1. The lowest BCUT2D eigenvalue weighted by molar-refractivity contribution is -0.117. The van der Waals surface area contributed by atoms with Crippen molar-refractivity contribution in [3.63, 3.8) is 0 Å². The highest BCUT2D eigenvalue weighted by Crippen LogP contribution is 2.41. The summed E-state index contributed by atoms with van der Waals surface area (Å²) < 4.78 is 53.8. The molecule has 192 valence electrons. The number of fused-ring (bicyclic) bond motifs is 3. The van der Waals surface area contributed by atoms with Crippen LogP contribution in [0.15, 0.2) is 61.2 Å². The summed E-state index contributed by atoms with van der Waals surface area (Å²) >= 11 is 0. The van der Waals surface area contributed by atoms with Gasteiger partial charge in [0.05, 0.1) is 28.7 Å². The molecule has 0 radical (unpaired) electrons. The quantitative estimate of drug-likeness (QED) is 0.117. The van der Waals surface area contributed by atoms with Crippen molar-refractivity contribution in [2.24, 2.45) is 11.6 Å². The van der Waals surface area contributed by atoms with Crippen molar-refractivity contribution in [2.45, 2.75) is 19.5 Å². The van der Waals surface area contributed by atoms with E-state index in [1.54, 1.807) is 6.07 Å². The molecule has 0 aliphatic carbocycles. The molecule has 3 aromatic heterocycles. The van der Waals surface area contributed by atoms with E-state index in [0.717, 1.165) is 17.3 Å². The number of aromatic nitrogens is 3. The molecule has 0 saturated heterocycles. The number of nitrogens with two attached hydrogens (primary N) is 2. The zero-order valence-electron chi connectivity index (χ0n) is 19.7. The van der Waals surface area contributed by atoms with E-state index >= 15 is 0 Å². The average molecular weight is 513 g/mol. The Bertz CT molecular complexity index is 1540. The molecule has 1 aromatic carbocycles. The van der Waals surface area contributed by atoms with Gasteiger partial charge in [-0.2, -0.15) is 13.2 Å². The molecule has 0 spiro atoms. The molecule has 4 rings (SSSR count). The SMILES string of the molecule is C=C(/C=C\N(N)c1c(-c2cncc(CC(N)=O)c2)cnc2[nH]c3c(NCC)cc(F)cc3c12)C(F)(F)F. The van der Waals surface area contributed by atoms with Gasteiger partial charge >= 0.3 is 6.18 Å². The number of halogens is 4. The maximum Gasteiger partial charge on any atom is 0.415 e. The monoisotopic (exact) mass is 513 g/mol. The molecule has 6 N–H and O–H groups in total. The number of hydrogen-bond acceptors (Lipinski definition) is 6. The highest BCUT2D eigenvalue weighted by Gasteiger charge is 2.30. The van der Waals surface area contributed by atoms with Crippen LogP contribution in [0.5, 0.6) is 0 Å². The van der Waals surface area contributed by atoms with E-state index in [0.29, 0.717) is 50.9 Å². The summed E-state index contributed by atoms with van der Waals surface area (Å²) in [5.41, 5.74) is 7.15. The Morgan fingerprint density at radius 2 is 2.00 bits per heavy atom. The Hall–Kier alpha value is -4.45. The summed E-state index contributed by atoms with van der Waals surface area (Å²) in [7, 11) is 0. The summed E-state index contributed by atoms with van der Waals surface area (Å²) in [6.07, 6.45) is 1.45. The van der Waals surface area contributed by atoms with Crippen LogP contribution in [0.25, 0.3) is 33.1 Å². The number of anilines is 2. The molecule has 12 heteroatoms. The maximum absolute atomic E-state index is 14.6. The van der Waals surface area contributed by atoms with Crippen LogP contribution in [0.4, 0.5) is 28.9 Å². The lowest BCUT2D eigenvalue weighted by Gasteiger charge is -2.20. The number of alkyl halides is 3. The number of nitrogens with zero attached hydrogens (tertiary/aromatic N) is 3. The second-order valence-corrected chi connectivity index (χ2v) is 8.25. The van der Waals surface area contributed by atoms with Gasteiger partial charge in [-0.3, -0.25) is 14.8 Å². The summed E-state index contributed by atoms with van der Waals surface area (Å²) in [6, 6.07) is 4.26. The first-order valence-corrected chi connectivity index (χ1v) is 11.1. The molecular weight excluding hydrogens is 490 g/mol. The molecule has 3 heterocycles. The Balaban J connectivity index is 2.01. The molecule has 0 saturated carbocycles. The van der Waals surface area contributed by atoms with Gasteiger partial charge in [0.15, 0.2) is 0 Å². The molecule has 0 atom stereocenters. The minimum atomic E-state index is -4.65. The van der Waals surface area contributed by atoms with Crippen molar-refractivity contribution in [3.8, 4) is 11.1 Å². The van der Waals surface area contributed by atoms with Gasteiger partial charge < -0.3 is 16.0 Å². The highest BCUT2D eigenvalue weighted by molar-refractivity contribution is 6.17. The predicted octanol–water partition coefficient (Wildman–Crippen LogP) is 4.69. The fourth-order valence-electron chi connectivity index (χ4n) is 3.99. The predicted molar refractivity (Wildman–Crippen MR) is 135 cm³/mol. The van der Waals surface area contributed by atoms with E-state index in [4.69, 9.17) is 11.6 Å². The van der Waals surface area contributed by atoms with Crippen LogP contribution in [-0.4, -0.2) is 33.6 Å². The Morgan fingerprint density at radius 1 is 1.24 bits per heavy atom. The highest BCUT2D eigenvalue weighted by atomic mass is 19.4. The number of primary amides is 1. The molecule has 0 fully saturated rings. The normalized spacial score (nSPS) is 11.9. The first-order chi connectivity index (χ1) is 17.5. The largest absolute Gasteiger partial charge is 0.415 e. The first kappa shape index (κ1) is 25.6. The Kier molecular flexibility index (Phi) is 6.86. The number of rotatable bonds is 8. The zero-order valence-corrected chi connectivity index (χ0v) is 19.7. The molecule has 1 amide bonds. The number of nitrogens with one attached hydrogen (secondary N) is 2. The van der Waals surface area contributed by atoms with Crippen LogP contribution in [0.3, 0.4) is 0 Å². The van der Waals surface area contributed by atoms with Crippen LogP contribution in [0.1, 0.15) is 12.5 Å². The number of hydrazine groups is 1. The van der Waals surface area contributed by atoms with E-state index in [1.165, 1.54) is 30.7 Å². The summed E-state index contributed by atoms with van der Waals surface area (Å²) in [4.78, 5) is 23.2. The summed E-state index contributed by atoms with van der Waals surface area (Å²) in [5, 5.41) is 4.85. The molecule has 0 bridgehead atoms. The molecule has 37 heavy (non-hydrogen) atoms. The number of hydrogen-bond donors (Lipinski definition) is 4. The van der Waals surface area contributed by atoms with Crippen molar-refractivity contribution in [3.05, 3.63) is 72.6 Å². The van der Waals surface area contributed by atoms with Crippen LogP contribution < -0.4 is 21.9 Å². The minimum absolute atomic E-state index is 0.0756. The van der Waals surface area contributed by atoms with Crippen LogP contribution in [-0.2, 0) is 11.2 Å². The van der Waals surface area contributed by atoms with Crippen molar-refractivity contribution in [1.82, 2.24) is 15.0 Å². The van der Waals surface area contributed by atoms with Gasteiger partial charge in [0, 0.05) is 53.4 Å². The minimum Gasteiger partial charge on any atom is -0.384 e. The molecule has 0 unspecified atom stereocenters. The fourth-order valence-corrected chi connectivity index (χ4v) is 3.99. The van der Waals surface area contributed by atoms with E-state index < -0.39 is 23.5 Å². The standard InChI is InChI=1S/C25H23F4N7O/c1-3-33-19-9-16(26)8-17-21-23(36(31)5-4-13(2)25(27,28)29)18(12-34-24(21)35-22(17)19)15-6-14(7-20(30)37)10-32-11-15/h4-6,8-12,33H,2-3,7,31H2,1H3,(H2,30,37)(H,34,35)/b5-4-. The number of carbonyl (C=O) groups excluding carboxylic acids is 1. The molecule has 0 aliphatic heterocycles. The smallest absolute Gasteiger partial charge is 0.384 e. The Labute approximate surface area is 208 Å². The molecule has 4 aromatic rings. The number of amides is 1. The summed E-state index contributed by atoms with van der Waals surface area (Å²) in [5.74, 6) is 5.19. The number of aromatic amines is 1. The number of pyridine rings is 2. The lowest BCUT2D eigenvalue weighted by atomic mass is 10.0. The average Bonchev–Trinajstić information content (AvgIpc) is 3.19. The topological polar surface area (TPSA) is 126 Å². The van der Waals surface area contributed by atoms with Crippen molar-refractivity contribution < 1.29 is 22.4 Å². The van der Waals surface area contributed by atoms with Gasteiger partial charge in [-0.05, 0) is 36.8 Å². The molecule has 0 aliphatic rings. The maximum atomic E-state index is 14.6. The number of H-pyrrole nitrogens is 1. The third-order valence-electron chi connectivity index (χ3n) is 5.58.